The van der Waals surface area contributed by atoms with Gasteiger partial charge >= 0.3 is 0 Å². The molecule has 8 nitrogen and oxygen atoms in total. The van der Waals surface area contributed by atoms with Crippen LogP contribution >= 0.6 is 0 Å². The molecule has 0 aliphatic heterocycles. The van der Waals surface area contributed by atoms with Gasteiger partial charge in [-0.3, -0.25) is 0 Å². The second-order valence-corrected chi connectivity index (χ2v) is 7.14. The van der Waals surface area contributed by atoms with Gasteiger partial charge in [0.2, 0.25) is 5.95 Å². The molecule has 30 heavy (non-hydrogen) atoms. The maximum absolute atomic E-state index is 7.60. The van der Waals surface area contributed by atoms with Gasteiger partial charge < -0.3 is 26.1 Å². The molecule has 0 unspecified atom stereocenters. The first kappa shape index (κ1) is 21.0. The maximum atomic E-state index is 7.60. The predicted molar refractivity (Wildman–Crippen MR) is 123 cm³/mol. The SMILES string of the molecule is CN/C=C(\C=N)c1ccc(Nc2ncc3ccnc(NCC(C)C)c3n2)c(OC)c1. The molecule has 0 atom stereocenters. The zero-order valence-corrected chi connectivity index (χ0v) is 17.7. The van der Waals surface area contributed by atoms with Crippen LogP contribution in [0, 0.1) is 11.3 Å². The van der Waals surface area contributed by atoms with E-state index >= 15 is 0 Å². The van der Waals surface area contributed by atoms with Crippen molar-refractivity contribution in [2.24, 2.45) is 5.92 Å². The van der Waals surface area contributed by atoms with E-state index in [4.69, 9.17) is 10.1 Å². The number of ether oxygens (including phenoxy) is 1. The molecule has 4 N–H and O–H groups in total. The number of benzene rings is 1. The lowest BCUT2D eigenvalue weighted by molar-refractivity contribution is 0.416. The lowest BCUT2D eigenvalue weighted by Gasteiger charge is -2.13. The molecule has 0 amide bonds. The van der Waals surface area contributed by atoms with Crippen LogP contribution in [-0.2, 0) is 0 Å². The molecule has 0 saturated carbocycles. The third kappa shape index (κ3) is 4.83. The predicted octanol–water partition coefficient (Wildman–Crippen LogP) is 4.05. The van der Waals surface area contributed by atoms with Crippen molar-refractivity contribution in [3.05, 3.63) is 48.4 Å². The molecule has 0 aliphatic carbocycles. The number of pyridine rings is 1. The van der Waals surface area contributed by atoms with Crippen LogP contribution in [0.1, 0.15) is 19.4 Å². The van der Waals surface area contributed by atoms with Crippen LogP contribution in [0.5, 0.6) is 5.75 Å². The van der Waals surface area contributed by atoms with Crippen molar-refractivity contribution >= 4 is 40.1 Å². The van der Waals surface area contributed by atoms with Gasteiger partial charge in [0.15, 0.2) is 5.82 Å². The summed E-state index contributed by atoms with van der Waals surface area (Å²) in [6, 6.07) is 7.56. The van der Waals surface area contributed by atoms with Crippen molar-refractivity contribution in [1.82, 2.24) is 20.3 Å². The fraction of sp³-hybridized carbons (Fsp3) is 0.273. The number of rotatable bonds is 9. The van der Waals surface area contributed by atoms with E-state index in [0.29, 0.717) is 17.6 Å². The van der Waals surface area contributed by atoms with Gasteiger partial charge in [0, 0.05) is 49.4 Å². The number of allylic oxidation sites excluding steroid dienone is 1. The third-order valence-corrected chi connectivity index (χ3v) is 4.41. The normalized spacial score (nSPS) is 11.4. The van der Waals surface area contributed by atoms with E-state index in [2.05, 4.69) is 44.7 Å². The van der Waals surface area contributed by atoms with Gasteiger partial charge in [-0.2, -0.15) is 0 Å². The first-order valence-corrected chi connectivity index (χ1v) is 9.74. The fourth-order valence-corrected chi connectivity index (χ4v) is 2.90. The summed E-state index contributed by atoms with van der Waals surface area (Å²) in [5.74, 6) is 2.31. The molecule has 3 rings (SSSR count). The minimum atomic E-state index is 0.451. The highest BCUT2D eigenvalue weighted by Gasteiger charge is 2.11. The fourth-order valence-electron chi connectivity index (χ4n) is 2.90. The molecule has 156 valence electrons. The van der Waals surface area contributed by atoms with Crippen molar-refractivity contribution in [3.63, 3.8) is 0 Å². The summed E-state index contributed by atoms with van der Waals surface area (Å²) in [5, 5.41) is 18.0. The lowest BCUT2D eigenvalue weighted by Crippen LogP contribution is -2.10. The summed E-state index contributed by atoms with van der Waals surface area (Å²) >= 11 is 0. The molecule has 0 saturated heterocycles. The van der Waals surface area contributed by atoms with E-state index in [0.717, 1.165) is 40.1 Å². The van der Waals surface area contributed by atoms with E-state index in [9.17, 15) is 0 Å². The number of anilines is 3. The smallest absolute Gasteiger partial charge is 0.227 e. The van der Waals surface area contributed by atoms with Gasteiger partial charge in [-0.15, -0.1) is 0 Å². The second kappa shape index (κ2) is 9.69. The van der Waals surface area contributed by atoms with Crippen LogP contribution in [0.4, 0.5) is 17.5 Å². The Morgan fingerprint density at radius 3 is 2.77 bits per heavy atom. The highest BCUT2D eigenvalue weighted by Crippen LogP contribution is 2.30. The van der Waals surface area contributed by atoms with Crippen molar-refractivity contribution in [2.75, 3.05) is 31.3 Å². The van der Waals surface area contributed by atoms with Crippen LogP contribution in [0.3, 0.4) is 0 Å². The number of hydrogen-bond acceptors (Lipinski definition) is 8. The molecule has 0 radical (unpaired) electrons. The van der Waals surface area contributed by atoms with Crippen molar-refractivity contribution in [2.45, 2.75) is 13.8 Å². The molecular formula is C22H27N7O. The van der Waals surface area contributed by atoms with Gasteiger partial charge in [-0.1, -0.05) is 19.9 Å². The van der Waals surface area contributed by atoms with Gasteiger partial charge in [0.1, 0.15) is 11.3 Å². The zero-order valence-electron chi connectivity index (χ0n) is 17.7. The number of aromatic nitrogens is 3. The average Bonchev–Trinajstić information content (AvgIpc) is 2.76. The van der Waals surface area contributed by atoms with E-state index in [1.165, 1.54) is 6.21 Å². The third-order valence-electron chi connectivity index (χ3n) is 4.41. The molecule has 0 bridgehead atoms. The van der Waals surface area contributed by atoms with Gasteiger partial charge in [-0.25, -0.2) is 15.0 Å². The molecule has 0 spiro atoms. The summed E-state index contributed by atoms with van der Waals surface area (Å²) < 4.78 is 5.54. The van der Waals surface area contributed by atoms with Gasteiger partial charge in [0.05, 0.1) is 12.8 Å². The Balaban J connectivity index is 1.92. The highest BCUT2D eigenvalue weighted by molar-refractivity contribution is 6.08. The van der Waals surface area contributed by atoms with Crippen LogP contribution in [0.15, 0.2) is 42.9 Å². The van der Waals surface area contributed by atoms with Crippen molar-refractivity contribution in [3.8, 4) is 5.75 Å². The summed E-state index contributed by atoms with van der Waals surface area (Å²) in [7, 11) is 3.40. The van der Waals surface area contributed by atoms with Gasteiger partial charge in [-0.05, 0) is 29.7 Å². The molecule has 2 aromatic heterocycles. The number of hydrogen-bond donors (Lipinski definition) is 4. The number of fused-ring (bicyclic) bond motifs is 1. The number of nitrogens with one attached hydrogen (secondary N) is 4. The summed E-state index contributed by atoms with van der Waals surface area (Å²) in [6.07, 6.45) is 6.59. The minimum Gasteiger partial charge on any atom is -0.495 e. The molecule has 1 aromatic carbocycles. The molecule has 8 heteroatoms. The maximum Gasteiger partial charge on any atom is 0.227 e. The Bertz CT molecular complexity index is 1060. The quantitative estimate of drug-likeness (QED) is 0.398. The molecule has 0 aliphatic rings. The molecule has 0 fully saturated rings. The zero-order chi connectivity index (χ0) is 21.5. The Kier molecular flexibility index (Phi) is 6.79. The van der Waals surface area contributed by atoms with Crippen LogP contribution in [-0.4, -0.2) is 41.9 Å². The van der Waals surface area contributed by atoms with Crippen LogP contribution < -0.4 is 20.7 Å². The number of methoxy groups -OCH3 is 1. The lowest BCUT2D eigenvalue weighted by atomic mass is 10.1. The summed E-state index contributed by atoms with van der Waals surface area (Å²) in [5.41, 5.74) is 3.10. The minimum absolute atomic E-state index is 0.451. The van der Waals surface area contributed by atoms with Crippen molar-refractivity contribution in [1.29, 1.82) is 5.41 Å². The largest absolute Gasteiger partial charge is 0.495 e. The van der Waals surface area contributed by atoms with Crippen molar-refractivity contribution < 1.29 is 4.74 Å². The molecule has 3 aromatic rings. The monoisotopic (exact) mass is 405 g/mol. The second-order valence-electron chi connectivity index (χ2n) is 7.14. The summed E-state index contributed by atoms with van der Waals surface area (Å²) in [4.78, 5) is 13.5. The first-order chi connectivity index (χ1) is 14.5. The topological polar surface area (TPSA) is 108 Å². The first-order valence-electron chi connectivity index (χ1n) is 9.74. The Morgan fingerprint density at radius 1 is 1.23 bits per heavy atom. The Hall–Kier alpha value is -3.68. The van der Waals surface area contributed by atoms with Gasteiger partial charge in [0.25, 0.3) is 0 Å². The Morgan fingerprint density at radius 2 is 2.07 bits per heavy atom. The standard InChI is InChI=1S/C22H27N7O/c1-14(2)11-26-21-20-16(7-8-25-21)13-27-22(29-20)28-18-6-5-15(9-19(18)30-4)17(10-23)12-24-3/h5-10,12-14,23-24H,11H2,1-4H3,(H,25,26)(H,27,28,29)/b17-12+,23-10?. The van der Waals surface area contributed by atoms with Crippen LogP contribution in [0.25, 0.3) is 16.5 Å². The average molecular weight is 406 g/mol. The number of nitrogens with zero attached hydrogens (tertiary/aromatic N) is 3. The van der Waals surface area contributed by atoms with E-state index in [1.54, 1.807) is 32.8 Å². The van der Waals surface area contributed by atoms with Crippen LogP contribution in [0.2, 0.25) is 0 Å². The Labute approximate surface area is 176 Å². The van der Waals surface area contributed by atoms with E-state index < -0.39 is 0 Å². The summed E-state index contributed by atoms with van der Waals surface area (Å²) in [6.45, 7) is 5.10. The highest BCUT2D eigenvalue weighted by atomic mass is 16.5. The molecule has 2 heterocycles. The van der Waals surface area contributed by atoms with E-state index in [-0.39, 0.29) is 0 Å². The van der Waals surface area contributed by atoms with E-state index in [1.807, 2.05) is 24.3 Å². The molecular weight excluding hydrogens is 378 g/mol.